The van der Waals surface area contributed by atoms with E-state index >= 15 is 0 Å². The minimum absolute atomic E-state index is 0.141. The molecule has 0 spiro atoms. The molecule has 0 radical (unpaired) electrons. The molecule has 1 aliphatic carbocycles. The van der Waals surface area contributed by atoms with E-state index < -0.39 is 0 Å². The lowest BCUT2D eigenvalue weighted by atomic mass is 9.92. The topological polar surface area (TPSA) is 83.8 Å². The Morgan fingerprint density at radius 3 is 2.81 bits per heavy atom. The maximum absolute atomic E-state index is 11.8. The zero-order valence-corrected chi connectivity index (χ0v) is 9.71. The van der Waals surface area contributed by atoms with Crippen LogP contribution in [0, 0.1) is 11.3 Å². The molecular weight excluding hydrogens is 204 g/mol. The summed E-state index contributed by atoms with van der Waals surface area (Å²) in [6.07, 6.45) is 3.86. The van der Waals surface area contributed by atoms with E-state index in [1.54, 1.807) is 0 Å². The first-order valence-electron chi connectivity index (χ1n) is 5.62. The number of aromatic nitrogens is 2. The van der Waals surface area contributed by atoms with Gasteiger partial charge in [0.1, 0.15) is 11.4 Å². The second-order valence-corrected chi connectivity index (χ2v) is 4.90. The minimum Gasteiger partial charge on any atom is -0.383 e. The van der Waals surface area contributed by atoms with Gasteiger partial charge in [0.25, 0.3) is 5.91 Å². The lowest BCUT2D eigenvalue weighted by molar-refractivity contribution is 0.0940. The number of carbonyl (C=O) groups is 1. The summed E-state index contributed by atoms with van der Waals surface area (Å²) < 4.78 is 0. The molecule has 16 heavy (non-hydrogen) atoms. The van der Waals surface area contributed by atoms with Crippen molar-refractivity contribution in [2.24, 2.45) is 11.3 Å². The lowest BCUT2D eigenvalue weighted by Crippen LogP contribution is -2.32. The number of aromatic amines is 1. The summed E-state index contributed by atoms with van der Waals surface area (Å²) in [7, 11) is 0. The normalized spacial score (nSPS) is 17.4. The van der Waals surface area contributed by atoms with Crippen LogP contribution in [0.3, 0.4) is 0 Å². The molecule has 1 saturated carbocycles. The average Bonchev–Trinajstić information content (AvgIpc) is 2.92. The Kier molecular flexibility index (Phi) is 2.61. The number of nitrogens with zero attached hydrogens (tertiary/aromatic N) is 1. The third-order valence-corrected chi connectivity index (χ3v) is 3.63. The molecule has 5 heteroatoms. The molecule has 0 aliphatic heterocycles. The monoisotopic (exact) mass is 222 g/mol. The largest absolute Gasteiger partial charge is 0.383 e. The average molecular weight is 222 g/mol. The Morgan fingerprint density at radius 2 is 2.38 bits per heavy atom. The number of carbonyl (C=O) groups excluding carboxylic acids is 1. The summed E-state index contributed by atoms with van der Waals surface area (Å²) in [5.41, 5.74) is 6.32. The minimum atomic E-state index is -0.141. The number of hydrogen-bond acceptors (Lipinski definition) is 3. The van der Waals surface area contributed by atoms with Crippen LogP contribution in [-0.4, -0.2) is 22.6 Å². The molecule has 0 bridgehead atoms. The molecule has 0 unspecified atom stereocenters. The van der Waals surface area contributed by atoms with Gasteiger partial charge < -0.3 is 11.1 Å². The highest BCUT2D eigenvalue weighted by molar-refractivity contribution is 5.98. The standard InChI is InChI=1S/C11H18N4O/c1-7(2)11(3-4-11)6-13-10(16)8-5-14-15-9(8)12/h5,7H,3-4,6H2,1-2H3,(H,13,16)(H3,12,14,15). The molecule has 1 fully saturated rings. The molecule has 4 N–H and O–H groups in total. The maximum atomic E-state index is 11.8. The van der Waals surface area contributed by atoms with Crippen LogP contribution in [0.15, 0.2) is 6.20 Å². The van der Waals surface area contributed by atoms with Crippen molar-refractivity contribution in [3.05, 3.63) is 11.8 Å². The van der Waals surface area contributed by atoms with Gasteiger partial charge in [0, 0.05) is 6.54 Å². The molecule has 2 rings (SSSR count). The Morgan fingerprint density at radius 1 is 1.69 bits per heavy atom. The van der Waals surface area contributed by atoms with Crippen molar-refractivity contribution in [3.8, 4) is 0 Å². The van der Waals surface area contributed by atoms with E-state index in [-0.39, 0.29) is 5.91 Å². The van der Waals surface area contributed by atoms with Gasteiger partial charge in [-0.05, 0) is 24.2 Å². The maximum Gasteiger partial charge on any atom is 0.256 e. The molecule has 0 aromatic carbocycles. The number of nitrogen functional groups attached to an aromatic ring is 1. The molecular formula is C11H18N4O. The first kappa shape index (κ1) is 11.0. The van der Waals surface area contributed by atoms with Crippen LogP contribution in [0.2, 0.25) is 0 Å². The van der Waals surface area contributed by atoms with Gasteiger partial charge in [0.05, 0.1) is 6.20 Å². The molecule has 0 atom stereocenters. The number of hydrogen-bond donors (Lipinski definition) is 3. The quantitative estimate of drug-likeness (QED) is 0.714. The smallest absolute Gasteiger partial charge is 0.256 e. The van der Waals surface area contributed by atoms with E-state index in [1.807, 2.05) is 0 Å². The van der Waals surface area contributed by atoms with Crippen molar-refractivity contribution < 1.29 is 4.79 Å². The van der Waals surface area contributed by atoms with Crippen molar-refractivity contribution in [2.75, 3.05) is 12.3 Å². The third-order valence-electron chi connectivity index (χ3n) is 3.63. The van der Waals surface area contributed by atoms with Gasteiger partial charge in [-0.2, -0.15) is 5.10 Å². The molecule has 1 aromatic rings. The van der Waals surface area contributed by atoms with Gasteiger partial charge in [0.2, 0.25) is 0 Å². The van der Waals surface area contributed by atoms with E-state index in [0.29, 0.717) is 22.7 Å². The van der Waals surface area contributed by atoms with Gasteiger partial charge in [-0.1, -0.05) is 13.8 Å². The summed E-state index contributed by atoms with van der Waals surface area (Å²) in [5.74, 6) is 0.791. The van der Waals surface area contributed by atoms with Crippen LogP contribution in [0.4, 0.5) is 5.82 Å². The first-order chi connectivity index (χ1) is 7.55. The van der Waals surface area contributed by atoms with E-state index in [1.165, 1.54) is 19.0 Å². The molecule has 1 amide bonds. The highest BCUT2D eigenvalue weighted by Crippen LogP contribution is 2.51. The summed E-state index contributed by atoms with van der Waals surface area (Å²) >= 11 is 0. The van der Waals surface area contributed by atoms with Crippen molar-refractivity contribution >= 4 is 11.7 Å². The van der Waals surface area contributed by atoms with Crippen LogP contribution in [-0.2, 0) is 0 Å². The molecule has 88 valence electrons. The molecule has 1 heterocycles. The van der Waals surface area contributed by atoms with Crippen LogP contribution in [0.25, 0.3) is 0 Å². The fourth-order valence-electron chi connectivity index (χ4n) is 1.95. The van der Waals surface area contributed by atoms with Crippen LogP contribution in [0.5, 0.6) is 0 Å². The molecule has 1 aliphatic rings. The third kappa shape index (κ3) is 1.89. The van der Waals surface area contributed by atoms with Crippen molar-refractivity contribution in [2.45, 2.75) is 26.7 Å². The second-order valence-electron chi connectivity index (χ2n) is 4.90. The zero-order valence-electron chi connectivity index (χ0n) is 9.71. The highest BCUT2D eigenvalue weighted by atomic mass is 16.1. The Balaban J connectivity index is 1.92. The van der Waals surface area contributed by atoms with Crippen LogP contribution in [0.1, 0.15) is 37.0 Å². The summed E-state index contributed by atoms with van der Waals surface area (Å²) in [6, 6.07) is 0. The lowest BCUT2D eigenvalue weighted by Gasteiger charge is -2.19. The van der Waals surface area contributed by atoms with Gasteiger partial charge in [-0.15, -0.1) is 0 Å². The number of amides is 1. The van der Waals surface area contributed by atoms with E-state index in [4.69, 9.17) is 5.73 Å². The van der Waals surface area contributed by atoms with Crippen molar-refractivity contribution in [1.82, 2.24) is 15.5 Å². The van der Waals surface area contributed by atoms with Gasteiger partial charge in [-0.25, -0.2) is 0 Å². The number of rotatable bonds is 4. The number of H-pyrrole nitrogens is 1. The summed E-state index contributed by atoms with van der Waals surface area (Å²) in [4.78, 5) is 11.8. The number of nitrogens with one attached hydrogen (secondary N) is 2. The van der Waals surface area contributed by atoms with E-state index in [2.05, 4.69) is 29.4 Å². The van der Waals surface area contributed by atoms with Crippen LogP contribution < -0.4 is 11.1 Å². The fraction of sp³-hybridized carbons (Fsp3) is 0.636. The molecule has 5 nitrogen and oxygen atoms in total. The second kappa shape index (κ2) is 3.81. The van der Waals surface area contributed by atoms with Crippen LogP contribution >= 0.6 is 0 Å². The van der Waals surface area contributed by atoms with Crippen molar-refractivity contribution in [1.29, 1.82) is 0 Å². The van der Waals surface area contributed by atoms with E-state index in [0.717, 1.165) is 6.54 Å². The predicted molar refractivity (Wildman–Crippen MR) is 61.8 cm³/mol. The first-order valence-corrected chi connectivity index (χ1v) is 5.62. The summed E-state index contributed by atoms with van der Waals surface area (Å²) in [6.45, 7) is 5.13. The Hall–Kier alpha value is -1.52. The highest BCUT2D eigenvalue weighted by Gasteiger charge is 2.45. The number of nitrogens with two attached hydrogens (primary N) is 1. The van der Waals surface area contributed by atoms with Gasteiger partial charge in [-0.3, -0.25) is 9.89 Å². The fourth-order valence-corrected chi connectivity index (χ4v) is 1.95. The predicted octanol–water partition coefficient (Wildman–Crippen LogP) is 1.16. The Bertz CT molecular complexity index is 392. The van der Waals surface area contributed by atoms with Gasteiger partial charge in [0.15, 0.2) is 0 Å². The molecule has 1 aromatic heterocycles. The SMILES string of the molecule is CC(C)C1(CNC(=O)c2cn[nH]c2N)CC1. The summed E-state index contributed by atoms with van der Waals surface area (Å²) in [5, 5.41) is 9.21. The van der Waals surface area contributed by atoms with Crippen molar-refractivity contribution in [3.63, 3.8) is 0 Å². The zero-order chi connectivity index (χ0) is 11.8. The molecule has 0 saturated heterocycles. The van der Waals surface area contributed by atoms with Gasteiger partial charge >= 0.3 is 0 Å². The number of anilines is 1. The Labute approximate surface area is 94.8 Å². The van der Waals surface area contributed by atoms with E-state index in [9.17, 15) is 4.79 Å².